The van der Waals surface area contributed by atoms with Gasteiger partial charge in [0, 0.05) is 0 Å². The molecule has 3 unspecified atom stereocenters. The Balaban J connectivity index is 1.61. The lowest BCUT2D eigenvalue weighted by atomic mass is 9.92. The van der Waals surface area contributed by atoms with E-state index < -0.39 is 56.2 Å². The first-order valence-corrected chi connectivity index (χ1v) is 13.1. The topological polar surface area (TPSA) is 215 Å². The van der Waals surface area contributed by atoms with Crippen LogP contribution in [-0.4, -0.2) is 66.8 Å². The number of nitrogens with one attached hydrogen (secondary N) is 1. The van der Waals surface area contributed by atoms with Gasteiger partial charge in [-0.15, -0.1) is 0 Å². The number of benzene rings is 1. The summed E-state index contributed by atoms with van der Waals surface area (Å²) in [5.74, 6) is -1.52. The van der Waals surface area contributed by atoms with Gasteiger partial charge in [-0.05, 0) is 30.2 Å². The van der Waals surface area contributed by atoms with Crippen molar-refractivity contribution in [2.45, 2.75) is 43.8 Å². The first-order valence-electron chi connectivity index (χ1n) is 11.5. The quantitative estimate of drug-likeness (QED) is 0.225. The van der Waals surface area contributed by atoms with Crippen molar-refractivity contribution in [2.24, 2.45) is 5.92 Å². The van der Waals surface area contributed by atoms with Gasteiger partial charge in [-0.1, -0.05) is 32.0 Å². The van der Waals surface area contributed by atoms with E-state index in [4.69, 9.17) is 19.5 Å². The molecule has 202 valence electrons. The van der Waals surface area contributed by atoms with Gasteiger partial charge in [-0.3, -0.25) is 9.32 Å². The molecule has 1 aliphatic rings. The summed E-state index contributed by atoms with van der Waals surface area (Å²) in [4.78, 5) is 15.6. The molecule has 1 fully saturated rings. The molecule has 0 spiro atoms. The number of nitriles is 1. The Morgan fingerprint density at radius 1 is 1.32 bits per heavy atom. The number of anilines is 1. The van der Waals surface area contributed by atoms with Gasteiger partial charge in [0.15, 0.2) is 5.82 Å². The Bertz CT molecular complexity index is 1400. The molecule has 38 heavy (non-hydrogen) atoms. The lowest BCUT2D eigenvalue weighted by Gasteiger charge is -2.27. The first-order chi connectivity index (χ1) is 18.0. The third-order valence-electron chi connectivity index (χ3n) is 6.09. The van der Waals surface area contributed by atoms with E-state index in [0.29, 0.717) is 5.52 Å². The minimum Gasteiger partial charge on any atom is -0.480 e. The van der Waals surface area contributed by atoms with E-state index in [1.807, 2.05) is 6.07 Å². The third kappa shape index (κ3) is 5.08. The summed E-state index contributed by atoms with van der Waals surface area (Å²) in [6.07, 6.45) is -3.64. The van der Waals surface area contributed by atoms with Crippen LogP contribution in [0.5, 0.6) is 5.75 Å². The van der Waals surface area contributed by atoms with Crippen LogP contribution < -0.4 is 15.3 Å². The maximum atomic E-state index is 13.7. The van der Waals surface area contributed by atoms with Crippen LogP contribution in [0.25, 0.3) is 5.52 Å². The van der Waals surface area contributed by atoms with Crippen LogP contribution in [0, 0.1) is 17.2 Å². The molecule has 0 amide bonds. The van der Waals surface area contributed by atoms with Crippen molar-refractivity contribution in [1.29, 1.82) is 5.26 Å². The second kappa shape index (κ2) is 10.7. The molecule has 0 bridgehead atoms. The van der Waals surface area contributed by atoms with Gasteiger partial charge in [0.25, 0.3) is 0 Å². The van der Waals surface area contributed by atoms with Crippen molar-refractivity contribution in [1.82, 2.24) is 19.7 Å². The van der Waals surface area contributed by atoms with Gasteiger partial charge in [0.1, 0.15) is 48.0 Å². The number of aliphatic hydroxyl groups excluding tert-OH is 2. The number of carbonyl (C=O) groups is 1. The van der Waals surface area contributed by atoms with E-state index in [1.165, 1.54) is 28.8 Å². The number of nitrogen functional groups attached to an aromatic ring is 1. The van der Waals surface area contributed by atoms with Gasteiger partial charge in [-0.2, -0.15) is 15.4 Å². The number of aromatic nitrogens is 3. The lowest BCUT2D eigenvalue weighted by molar-refractivity contribution is -0.140. The van der Waals surface area contributed by atoms with Gasteiger partial charge < -0.3 is 30.3 Å². The summed E-state index contributed by atoms with van der Waals surface area (Å²) in [5, 5.41) is 47.8. The summed E-state index contributed by atoms with van der Waals surface area (Å²) < 4.78 is 31.9. The molecule has 14 nitrogen and oxygen atoms in total. The molecule has 15 heteroatoms. The molecule has 6 N–H and O–H groups in total. The van der Waals surface area contributed by atoms with E-state index in [0.717, 1.165) is 6.33 Å². The largest absolute Gasteiger partial charge is 0.480 e. The molecular formula is C23H27N6O8P. The van der Waals surface area contributed by atoms with E-state index >= 15 is 0 Å². The molecule has 4 rings (SSSR count). The van der Waals surface area contributed by atoms with Gasteiger partial charge in [-0.25, -0.2) is 14.1 Å². The van der Waals surface area contributed by atoms with E-state index in [-0.39, 0.29) is 17.3 Å². The maximum absolute atomic E-state index is 13.7. The Kier molecular flexibility index (Phi) is 7.70. The highest BCUT2D eigenvalue weighted by Crippen LogP contribution is 2.47. The van der Waals surface area contributed by atoms with Crippen molar-refractivity contribution in [3.8, 4) is 11.8 Å². The number of aliphatic hydroxyl groups is 2. The summed E-state index contributed by atoms with van der Waals surface area (Å²) in [5.41, 5.74) is 4.19. The zero-order chi connectivity index (χ0) is 27.7. The predicted molar refractivity (Wildman–Crippen MR) is 132 cm³/mol. The third-order valence-corrected chi connectivity index (χ3v) is 7.63. The van der Waals surface area contributed by atoms with Crippen molar-refractivity contribution < 1.29 is 38.5 Å². The van der Waals surface area contributed by atoms with Crippen LogP contribution in [0.1, 0.15) is 19.5 Å². The maximum Gasteiger partial charge on any atom is 0.459 e. The van der Waals surface area contributed by atoms with Crippen molar-refractivity contribution in [3.63, 3.8) is 0 Å². The van der Waals surface area contributed by atoms with Crippen LogP contribution in [0.15, 0.2) is 48.8 Å². The highest BCUT2D eigenvalue weighted by molar-refractivity contribution is 7.52. The number of carboxylic acid groups (broad SMARTS) is 1. The zero-order valence-corrected chi connectivity index (χ0v) is 21.3. The SMILES string of the molecule is CC(C)C(NP(=O)(OC[C@H]1OC(C#N)(c2ccc3c(N)ncnn23)[C@H](O)[C@@H]1O)Oc1ccccc1)C(=O)O. The Labute approximate surface area is 217 Å². The number of aliphatic carboxylic acids is 1. The highest BCUT2D eigenvalue weighted by Gasteiger charge is 2.58. The minimum atomic E-state index is -4.39. The average molecular weight is 546 g/mol. The summed E-state index contributed by atoms with van der Waals surface area (Å²) in [6.45, 7) is 2.58. The number of fused-ring (bicyclic) bond motifs is 1. The summed E-state index contributed by atoms with van der Waals surface area (Å²) >= 11 is 0. The Morgan fingerprint density at radius 3 is 2.66 bits per heavy atom. The molecule has 1 aliphatic heterocycles. The number of carboxylic acids is 1. The predicted octanol–water partition coefficient (Wildman–Crippen LogP) is 1.05. The number of para-hydroxylation sites is 1. The summed E-state index contributed by atoms with van der Waals surface area (Å²) in [7, 11) is -4.39. The molecule has 3 aromatic rings. The first kappa shape index (κ1) is 27.5. The number of hydrogen-bond acceptors (Lipinski definition) is 11. The number of nitrogens with zero attached hydrogens (tertiary/aromatic N) is 4. The fraction of sp³-hybridized carbons (Fsp3) is 0.391. The standard InChI is InChI=1S/C23H27N6O8P/c1-13(2)18(22(32)33)28-38(34,37-14-6-4-3-5-7-14)35-10-16-19(30)20(31)23(11-24,36-16)17-9-8-15-21(25)26-12-27-29(15)17/h3-9,12-13,16,18-20,30-31H,10H2,1-2H3,(H,28,34)(H,32,33)(H2,25,26,27)/t16-,18?,19-,20-,23?,38?/m1/s1. The number of nitrogens with two attached hydrogens (primary N) is 1. The van der Waals surface area contributed by atoms with Crippen LogP contribution in [0.3, 0.4) is 0 Å². The van der Waals surface area contributed by atoms with Crippen molar-refractivity contribution in [3.05, 3.63) is 54.5 Å². The van der Waals surface area contributed by atoms with Gasteiger partial charge >= 0.3 is 13.7 Å². The molecule has 6 atom stereocenters. The fourth-order valence-electron chi connectivity index (χ4n) is 4.09. The Morgan fingerprint density at radius 2 is 2.03 bits per heavy atom. The minimum absolute atomic E-state index is 0.0748. The van der Waals surface area contributed by atoms with Gasteiger partial charge in [0.05, 0.1) is 12.3 Å². The van der Waals surface area contributed by atoms with E-state index in [9.17, 15) is 29.9 Å². The lowest BCUT2D eigenvalue weighted by Crippen LogP contribution is -2.41. The van der Waals surface area contributed by atoms with Crippen LogP contribution in [-0.2, 0) is 24.2 Å². The molecule has 1 aromatic carbocycles. The zero-order valence-electron chi connectivity index (χ0n) is 20.4. The second-order valence-corrected chi connectivity index (χ2v) is 10.7. The van der Waals surface area contributed by atoms with E-state index in [2.05, 4.69) is 15.2 Å². The number of hydrogen-bond donors (Lipinski definition) is 5. The molecule has 1 saturated heterocycles. The molecule has 0 radical (unpaired) electrons. The normalized spacial score (nSPS) is 25.6. The number of rotatable bonds is 10. The monoisotopic (exact) mass is 546 g/mol. The van der Waals surface area contributed by atoms with Crippen molar-refractivity contribution in [2.75, 3.05) is 12.3 Å². The van der Waals surface area contributed by atoms with Crippen molar-refractivity contribution >= 4 is 25.1 Å². The highest BCUT2D eigenvalue weighted by atomic mass is 31.2. The Hall–Kier alpha value is -3.57. The number of ether oxygens (including phenoxy) is 1. The molecule has 0 saturated carbocycles. The van der Waals surface area contributed by atoms with Crippen LogP contribution in [0.4, 0.5) is 5.82 Å². The molecule has 3 heterocycles. The second-order valence-electron chi connectivity index (χ2n) is 8.99. The average Bonchev–Trinajstić information content (AvgIpc) is 3.43. The fourth-order valence-corrected chi connectivity index (χ4v) is 5.76. The summed E-state index contributed by atoms with van der Waals surface area (Å²) in [6, 6.07) is 11.5. The molecular weight excluding hydrogens is 519 g/mol. The van der Waals surface area contributed by atoms with Gasteiger partial charge in [0.2, 0.25) is 5.60 Å². The smallest absolute Gasteiger partial charge is 0.459 e. The van der Waals surface area contributed by atoms with Crippen LogP contribution in [0.2, 0.25) is 0 Å². The van der Waals surface area contributed by atoms with Crippen LogP contribution >= 0.6 is 7.75 Å². The molecule has 2 aromatic heterocycles. The van der Waals surface area contributed by atoms with E-state index in [1.54, 1.807) is 32.0 Å². The molecule has 0 aliphatic carbocycles.